The number of hydrogen-bond acceptors (Lipinski definition) is 6. The smallest absolute Gasteiger partial charge is 0.255 e. The molecule has 1 amide bonds. The van der Waals surface area contributed by atoms with Gasteiger partial charge in [0.15, 0.2) is 11.5 Å². The van der Waals surface area contributed by atoms with Gasteiger partial charge in [-0.1, -0.05) is 6.07 Å². The van der Waals surface area contributed by atoms with Crippen LogP contribution in [0.2, 0.25) is 0 Å². The number of para-hydroxylation sites is 1. The van der Waals surface area contributed by atoms with Gasteiger partial charge in [0, 0.05) is 31.5 Å². The van der Waals surface area contributed by atoms with E-state index in [9.17, 15) is 4.79 Å². The van der Waals surface area contributed by atoms with Gasteiger partial charge in [-0.2, -0.15) is 0 Å². The number of benzene rings is 1. The lowest BCUT2D eigenvalue weighted by atomic mass is 10.0. The number of anilines is 1. The largest absolute Gasteiger partial charge is 0.486 e. The van der Waals surface area contributed by atoms with Crippen molar-refractivity contribution in [3.8, 4) is 11.5 Å². The van der Waals surface area contributed by atoms with Crippen molar-refractivity contribution in [2.45, 2.75) is 18.9 Å². The van der Waals surface area contributed by atoms with Crippen LogP contribution in [0.1, 0.15) is 23.2 Å². The Morgan fingerprint density at radius 3 is 3.04 bits per heavy atom. The normalized spacial score (nSPS) is 19.4. The average Bonchev–Trinajstić information content (AvgIpc) is 2.68. The van der Waals surface area contributed by atoms with Gasteiger partial charge in [0.05, 0.1) is 11.8 Å². The highest BCUT2D eigenvalue weighted by Gasteiger charge is 2.25. The molecule has 1 N–H and O–H groups in total. The fraction of sp³-hybridized carbons (Fsp3) is 0.389. The first-order valence-corrected chi connectivity index (χ1v) is 8.52. The third kappa shape index (κ3) is 3.35. The SMILES string of the molecule is O=C(N[C@H]1CCCN(c2cnccn2)C1)c1cccc2c1OCCO2. The van der Waals surface area contributed by atoms with Gasteiger partial charge >= 0.3 is 0 Å². The lowest BCUT2D eigenvalue weighted by molar-refractivity contribution is 0.0922. The molecule has 25 heavy (non-hydrogen) atoms. The van der Waals surface area contributed by atoms with Crippen molar-refractivity contribution in [3.05, 3.63) is 42.4 Å². The second kappa shape index (κ2) is 6.96. The molecule has 1 aromatic heterocycles. The van der Waals surface area contributed by atoms with Crippen molar-refractivity contribution >= 4 is 11.7 Å². The molecule has 2 aliphatic heterocycles. The summed E-state index contributed by atoms with van der Waals surface area (Å²) in [6, 6.07) is 5.46. The number of rotatable bonds is 3. The third-order valence-corrected chi connectivity index (χ3v) is 4.44. The number of ether oxygens (including phenoxy) is 2. The van der Waals surface area contributed by atoms with Gasteiger partial charge in [0.1, 0.15) is 19.0 Å². The minimum absolute atomic E-state index is 0.0589. The van der Waals surface area contributed by atoms with E-state index in [0.717, 1.165) is 31.7 Å². The van der Waals surface area contributed by atoms with Gasteiger partial charge in [-0.3, -0.25) is 9.78 Å². The molecule has 0 spiro atoms. The molecular formula is C18H20N4O3. The molecule has 1 atom stereocenters. The van der Waals surface area contributed by atoms with Crippen LogP contribution in [-0.2, 0) is 0 Å². The van der Waals surface area contributed by atoms with Crippen molar-refractivity contribution in [3.63, 3.8) is 0 Å². The molecule has 1 saturated heterocycles. The number of nitrogens with one attached hydrogen (secondary N) is 1. The number of hydrogen-bond donors (Lipinski definition) is 1. The summed E-state index contributed by atoms with van der Waals surface area (Å²) in [5.41, 5.74) is 0.522. The highest BCUT2D eigenvalue weighted by atomic mass is 16.6. The van der Waals surface area contributed by atoms with Crippen molar-refractivity contribution in [2.24, 2.45) is 0 Å². The molecule has 0 unspecified atom stereocenters. The summed E-state index contributed by atoms with van der Waals surface area (Å²) in [5.74, 6) is 1.88. The number of aromatic nitrogens is 2. The molecule has 2 aromatic rings. The Labute approximate surface area is 146 Å². The standard InChI is InChI=1S/C18H20N4O3/c23-18(14-4-1-5-15-17(14)25-10-9-24-15)21-13-3-2-8-22(12-13)16-11-19-6-7-20-16/h1,4-7,11,13H,2-3,8-10,12H2,(H,21,23)/t13-/m0/s1. The highest BCUT2D eigenvalue weighted by Crippen LogP contribution is 2.33. The fourth-order valence-electron chi connectivity index (χ4n) is 3.27. The van der Waals surface area contributed by atoms with Gasteiger partial charge in [-0.25, -0.2) is 4.98 Å². The molecule has 1 fully saturated rings. The monoisotopic (exact) mass is 340 g/mol. The fourth-order valence-corrected chi connectivity index (χ4v) is 3.27. The zero-order chi connectivity index (χ0) is 17.1. The number of carbonyl (C=O) groups is 1. The first kappa shape index (κ1) is 15.7. The molecule has 0 bridgehead atoms. The van der Waals surface area contributed by atoms with E-state index in [-0.39, 0.29) is 11.9 Å². The Morgan fingerprint density at radius 1 is 1.24 bits per heavy atom. The molecule has 130 valence electrons. The zero-order valence-electron chi connectivity index (χ0n) is 13.9. The van der Waals surface area contributed by atoms with Gasteiger partial charge in [-0.15, -0.1) is 0 Å². The molecule has 2 aliphatic rings. The molecule has 0 saturated carbocycles. The Bertz CT molecular complexity index is 753. The lowest BCUT2D eigenvalue weighted by Gasteiger charge is -2.33. The first-order valence-electron chi connectivity index (χ1n) is 8.52. The van der Waals surface area contributed by atoms with Crippen LogP contribution < -0.4 is 19.7 Å². The molecular weight excluding hydrogens is 320 g/mol. The first-order chi connectivity index (χ1) is 12.3. The minimum atomic E-state index is -0.131. The number of nitrogens with zero attached hydrogens (tertiary/aromatic N) is 3. The average molecular weight is 340 g/mol. The van der Waals surface area contributed by atoms with Crippen LogP contribution in [0.4, 0.5) is 5.82 Å². The summed E-state index contributed by atoms with van der Waals surface area (Å²) >= 11 is 0. The molecule has 4 rings (SSSR count). The highest BCUT2D eigenvalue weighted by molar-refractivity contribution is 5.98. The van der Waals surface area contributed by atoms with Crippen molar-refractivity contribution in [2.75, 3.05) is 31.2 Å². The quantitative estimate of drug-likeness (QED) is 0.915. The second-order valence-electron chi connectivity index (χ2n) is 6.15. The van der Waals surface area contributed by atoms with Crippen molar-refractivity contribution in [1.82, 2.24) is 15.3 Å². The summed E-state index contributed by atoms with van der Waals surface area (Å²) in [4.78, 5) is 23.4. The van der Waals surface area contributed by atoms with E-state index in [0.29, 0.717) is 30.3 Å². The summed E-state index contributed by atoms with van der Waals surface area (Å²) < 4.78 is 11.2. The number of piperidine rings is 1. The van der Waals surface area contributed by atoms with Gasteiger partial charge < -0.3 is 19.7 Å². The zero-order valence-corrected chi connectivity index (χ0v) is 13.9. The Hall–Kier alpha value is -2.83. The lowest BCUT2D eigenvalue weighted by Crippen LogP contribution is -2.48. The van der Waals surface area contributed by atoms with E-state index in [4.69, 9.17) is 9.47 Å². The third-order valence-electron chi connectivity index (χ3n) is 4.44. The Balaban J connectivity index is 1.46. The second-order valence-corrected chi connectivity index (χ2v) is 6.15. The minimum Gasteiger partial charge on any atom is -0.486 e. The number of amides is 1. The molecule has 0 radical (unpaired) electrons. The van der Waals surface area contributed by atoms with Crippen LogP contribution in [0.25, 0.3) is 0 Å². The van der Waals surface area contributed by atoms with Crippen LogP contribution >= 0.6 is 0 Å². The van der Waals surface area contributed by atoms with Gasteiger partial charge in [-0.05, 0) is 25.0 Å². The van der Waals surface area contributed by atoms with Gasteiger partial charge in [0.25, 0.3) is 5.91 Å². The van der Waals surface area contributed by atoms with E-state index < -0.39 is 0 Å². The van der Waals surface area contributed by atoms with E-state index in [2.05, 4.69) is 20.2 Å². The molecule has 7 nitrogen and oxygen atoms in total. The maximum absolute atomic E-state index is 12.7. The maximum atomic E-state index is 12.7. The van der Waals surface area contributed by atoms with Crippen molar-refractivity contribution in [1.29, 1.82) is 0 Å². The molecule has 3 heterocycles. The van der Waals surface area contributed by atoms with E-state index in [1.165, 1.54) is 0 Å². The van der Waals surface area contributed by atoms with Crippen LogP contribution in [0, 0.1) is 0 Å². The predicted octanol–water partition coefficient (Wildman–Crippen LogP) is 1.65. The Morgan fingerprint density at radius 2 is 2.16 bits per heavy atom. The van der Waals surface area contributed by atoms with Crippen LogP contribution in [0.3, 0.4) is 0 Å². The number of carbonyl (C=O) groups excluding carboxylic acids is 1. The van der Waals surface area contributed by atoms with E-state index in [1.54, 1.807) is 24.7 Å². The van der Waals surface area contributed by atoms with Crippen LogP contribution in [0.5, 0.6) is 11.5 Å². The van der Waals surface area contributed by atoms with E-state index >= 15 is 0 Å². The predicted molar refractivity (Wildman–Crippen MR) is 92.2 cm³/mol. The van der Waals surface area contributed by atoms with Crippen molar-refractivity contribution < 1.29 is 14.3 Å². The molecule has 0 aliphatic carbocycles. The Kier molecular flexibility index (Phi) is 4.37. The summed E-state index contributed by atoms with van der Waals surface area (Å²) in [5, 5.41) is 3.12. The van der Waals surface area contributed by atoms with E-state index in [1.807, 2.05) is 12.1 Å². The summed E-state index contributed by atoms with van der Waals surface area (Å²) in [6.45, 7) is 2.61. The number of fused-ring (bicyclic) bond motifs is 1. The van der Waals surface area contributed by atoms with Crippen LogP contribution in [-0.4, -0.2) is 48.2 Å². The summed E-state index contributed by atoms with van der Waals surface area (Å²) in [6.07, 6.45) is 7.03. The topological polar surface area (TPSA) is 76.6 Å². The van der Waals surface area contributed by atoms with Crippen LogP contribution in [0.15, 0.2) is 36.8 Å². The maximum Gasteiger partial charge on any atom is 0.255 e. The van der Waals surface area contributed by atoms with Gasteiger partial charge in [0.2, 0.25) is 0 Å². The molecule has 1 aromatic carbocycles. The molecule has 7 heteroatoms. The summed E-state index contributed by atoms with van der Waals surface area (Å²) in [7, 11) is 0.